The first kappa shape index (κ1) is 35.2. The van der Waals surface area contributed by atoms with Crippen LogP contribution in [-0.4, -0.2) is 27.6 Å². The van der Waals surface area contributed by atoms with Crippen LogP contribution in [0.2, 0.25) is 19.6 Å². The van der Waals surface area contributed by atoms with Gasteiger partial charge >= 0.3 is 0 Å². The molecule has 0 saturated heterocycles. The minimum atomic E-state index is -1.23. The smallest absolute Gasteiger partial charge is 0.216 e. The van der Waals surface area contributed by atoms with Gasteiger partial charge in [0, 0.05) is 43.9 Å². The van der Waals surface area contributed by atoms with Crippen molar-refractivity contribution in [2.24, 2.45) is 0 Å². The molecule has 0 atom stereocenters. The van der Waals surface area contributed by atoms with Gasteiger partial charge in [-0.15, -0.1) is 53.6 Å². The van der Waals surface area contributed by atoms with Crippen molar-refractivity contribution in [3.8, 4) is 22.6 Å². The minimum absolute atomic E-state index is 0. The molecule has 0 aliphatic heterocycles. The van der Waals surface area contributed by atoms with E-state index >= 15 is 0 Å². The van der Waals surface area contributed by atoms with E-state index in [1.807, 2.05) is 48.7 Å². The van der Waals surface area contributed by atoms with Gasteiger partial charge in [-0.3, -0.25) is 4.98 Å². The van der Waals surface area contributed by atoms with Crippen LogP contribution in [0.3, 0.4) is 0 Å². The zero-order valence-electron chi connectivity index (χ0n) is 29.3. The Balaban J connectivity index is 0.000000215. The molecular weight excluding hydrogens is 809 g/mol. The molecule has 0 spiro atoms. The number of benzene rings is 4. The van der Waals surface area contributed by atoms with Gasteiger partial charge in [0.25, 0.3) is 0 Å². The summed E-state index contributed by atoms with van der Waals surface area (Å²) in [6.45, 7) is 14.1. The van der Waals surface area contributed by atoms with Crippen LogP contribution in [0.4, 0.5) is 0 Å². The Kier molecular flexibility index (Phi) is 10.3. The van der Waals surface area contributed by atoms with Gasteiger partial charge in [-0.1, -0.05) is 106 Å². The predicted octanol–water partition coefficient (Wildman–Crippen LogP) is 10.4. The Morgan fingerprint density at radius 2 is 1.58 bits per heavy atom. The van der Waals surface area contributed by atoms with Crippen LogP contribution < -0.4 is 5.19 Å². The molecule has 1 radical (unpaired) electrons. The van der Waals surface area contributed by atoms with Gasteiger partial charge in [0.15, 0.2) is 0 Å². The molecule has 0 saturated carbocycles. The monoisotopic (exact) mass is 849 g/mol. The third-order valence-electron chi connectivity index (χ3n) is 8.90. The summed E-state index contributed by atoms with van der Waals surface area (Å²) in [5.41, 5.74) is 9.82. The molecule has 4 heterocycles. The molecule has 7 heteroatoms. The van der Waals surface area contributed by atoms with Gasteiger partial charge < -0.3 is 14.0 Å². The molecule has 0 unspecified atom stereocenters. The number of aromatic nitrogens is 4. The number of nitrogens with zero attached hydrogens (tertiary/aromatic N) is 4. The van der Waals surface area contributed by atoms with Crippen molar-refractivity contribution < 1.29 is 24.5 Å². The molecule has 8 aromatic rings. The molecule has 8 rings (SSSR count). The Hall–Kier alpha value is -4.68. The van der Waals surface area contributed by atoms with Crippen molar-refractivity contribution in [2.75, 3.05) is 0 Å². The number of rotatable bonds is 6. The van der Waals surface area contributed by atoms with E-state index in [2.05, 4.69) is 129 Å². The van der Waals surface area contributed by atoms with E-state index in [4.69, 9.17) is 14.4 Å². The average Bonchev–Trinajstić information content (AvgIpc) is 3.68. The van der Waals surface area contributed by atoms with Gasteiger partial charge in [0.2, 0.25) is 5.71 Å². The first-order valence-corrected chi connectivity index (χ1v) is 20.3. The summed E-state index contributed by atoms with van der Waals surface area (Å²) in [6, 6.07) is 43.9. The molecule has 0 amide bonds. The number of para-hydroxylation sites is 2. The normalized spacial score (nSPS) is 11.5. The molecule has 0 bridgehead atoms. The summed E-state index contributed by atoms with van der Waals surface area (Å²) < 4.78 is 8.67. The molecule has 4 aromatic carbocycles. The maximum atomic E-state index is 6.42. The quantitative estimate of drug-likeness (QED) is 0.124. The summed E-state index contributed by atoms with van der Waals surface area (Å²) in [4.78, 5) is 14.4. The van der Waals surface area contributed by atoms with E-state index in [1.54, 1.807) is 0 Å². The zero-order valence-corrected chi connectivity index (χ0v) is 32.7. The van der Waals surface area contributed by atoms with Crippen molar-refractivity contribution in [1.82, 2.24) is 19.5 Å². The van der Waals surface area contributed by atoms with E-state index in [9.17, 15) is 0 Å². The number of imidazole rings is 1. The maximum absolute atomic E-state index is 6.42. The number of furan rings is 1. The van der Waals surface area contributed by atoms with Gasteiger partial charge in [-0.05, 0) is 46.6 Å². The molecule has 50 heavy (non-hydrogen) atoms. The van der Waals surface area contributed by atoms with E-state index in [-0.39, 0.29) is 20.1 Å². The molecule has 253 valence electrons. The van der Waals surface area contributed by atoms with Crippen molar-refractivity contribution in [3.63, 3.8) is 0 Å². The summed E-state index contributed by atoms with van der Waals surface area (Å²) in [5.74, 6) is 1.19. The van der Waals surface area contributed by atoms with Crippen molar-refractivity contribution in [2.45, 2.75) is 52.9 Å². The van der Waals surface area contributed by atoms with Gasteiger partial charge in [-0.25, -0.2) is 4.98 Å². The number of hydrogen-bond acceptors (Lipinski definition) is 4. The van der Waals surface area contributed by atoms with Gasteiger partial charge in [-0.2, -0.15) is 0 Å². The Morgan fingerprint density at radius 3 is 2.28 bits per heavy atom. The topological polar surface area (TPSA) is 56.7 Å². The Morgan fingerprint density at radius 1 is 0.820 bits per heavy atom. The summed E-state index contributed by atoms with van der Waals surface area (Å²) in [5, 5.41) is 3.51. The van der Waals surface area contributed by atoms with Crippen molar-refractivity contribution in [3.05, 3.63) is 144 Å². The third kappa shape index (κ3) is 7.13. The first-order chi connectivity index (χ1) is 23.7. The Bertz CT molecular complexity index is 2380. The number of fused-ring (bicyclic) bond motifs is 4. The molecule has 0 aliphatic carbocycles. The van der Waals surface area contributed by atoms with Gasteiger partial charge in [0.1, 0.15) is 0 Å². The average molecular weight is 849 g/mol. The van der Waals surface area contributed by atoms with E-state index < -0.39 is 8.07 Å². The molecule has 4 aromatic heterocycles. The Labute approximate surface area is 308 Å². The van der Waals surface area contributed by atoms with Crippen LogP contribution in [0.25, 0.3) is 55.7 Å². The maximum Gasteiger partial charge on any atom is 0.216 e. The van der Waals surface area contributed by atoms with Gasteiger partial charge in [0.05, 0.1) is 30.5 Å². The second-order valence-corrected chi connectivity index (χ2v) is 18.9. The van der Waals surface area contributed by atoms with E-state index in [0.717, 1.165) is 67.8 Å². The van der Waals surface area contributed by atoms with E-state index in [1.165, 1.54) is 10.8 Å². The molecule has 0 N–H and O–H groups in total. The fourth-order valence-electron chi connectivity index (χ4n) is 6.11. The van der Waals surface area contributed by atoms with Crippen LogP contribution in [0, 0.1) is 19.1 Å². The second-order valence-electron chi connectivity index (χ2n) is 13.9. The second kappa shape index (κ2) is 14.7. The summed E-state index contributed by atoms with van der Waals surface area (Å²) in [7, 11) is -1.23. The van der Waals surface area contributed by atoms with Crippen LogP contribution >= 0.6 is 0 Å². The predicted molar refractivity (Wildman–Crippen MR) is 205 cm³/mol. The van der Waals surface area contributed by atoms with Crippen LogP contribution in [0.1, 0.15) is 36.6 Å². The van der Waals surface area contributed by atoms with Crippen LogP contribution in [0.5, 0.6) is 0 Å². The van der Waals surface area contributed by atoms with Crippen LogP contribution in [-0.2, 0) is 26.7 Å². The molecule has 5 nitrogen and oxygen atoms in total. The summed E-state index contributed by atoms with van der Waals surface area (Å²) in [6.07, 6.45) is 2.02. The summed E-state index contributed by atoms with van der Waals surface area (Å²) >= 11 is 0. The van der Waals surface area contributed by atoms with Crippen LogP contribution in [0.15, 0.2) is 120 Å². The fraction of sp³-hybridized carbons (Fsp3) is 0.186. The number of pyridine rings is 2. The number of aryl methyl sites for hydroxylation is 1. The largest absolute Gasteiger partial charge is 0.486 e. The minimum Gasteiger partial charge on any atom is -0.486 e. The zero-order chi connectivity index (χ0) is 34.1. The standard InChI is InChI=1S/C29H24N3O.C14H16NSi.Ir/c1-18(2)23-16-15-21-26-19(3)13-14-22(27(26)33-29(21)31-23)28-30-24-11-7-8-12-25(24)32(28)17-20-9-5-4-6-10-20;1-16(2,3)13-9-10-14(15-11-13)12-7-5-4-6-8-12;/h4-13,15-16,18H,17H2,1-3H3;4-7,9-11H,1-3H3;/q2*-1;. The molecular formula is C43H40IrN4OSi-2. The third-order valence-corrected chi connectivity index (χ3v) is 10.9. The van der Waals surface area contributed by atoms with Crippen molar-refractivity contribution >= 4 is 46.4 Å². The van der Waals surface area contributed by atoms with Crippen molar-refractivity contribution in [1.29, 1.82) is 0 Å². The molecule has 0 aliphatic rings. The SMILES string of the molecule is C[Si](C)(C)c1ccc(-c2[c-]cccc2)nc1.Cc1c[c-]c(-c2nc3ccccc3n2Cc2ccccc2)c2oc3nc(C(C)C)ccc3c12.[Ir]. The molecule has 0 fully saturated rings. The van der Waals surface area contributed by atoms with E-state index in [0.29, 0.717) is 11.6 Å². The fourth-order valence-corrected chi connectivity index (χ4v) is 7.14. The number of hydrogen-bond donors (Lipinski definition) is 0. The first-order valence-electron chi connectivity index (χ1n) is 16.8.